The summed E-state index contributed by atoms with van der Waals surface area (Å²) in [6, 6.07) is 3.10. The summed E-state index contributed by atoms with van der Waals surface area (Å²) in [5, 5.41) is 0. The molecule has 1 aromatic rings. The molecule has 1 aromatic carbocycles. The van der Waals surface area contributed by atoms with Crippen molar-refractivity contribution < 1.29 is 23.1 Å². The standard InChI is InChI=1S/C19H24F2N2O3/c1-13(2)23-8-3-6-19(18(23)25)7-9-22(12-19)17(24)11-26-16-5-4-14(20)10-15(16)21/h4-5,10,13H,3,6-9,11-12H2,1-2H3/t19-/m1/s1. The van der Waals surface area contributed by atoms with Gasteiger partial charge in [-0.15, -0.1) is 0 Å². The molecule has 1 spiro atoms. The van der Waals surface area contributed by atoms with Gasteiger partial charge in [-0.25, -0.2) is 8.78 Å². The van der Waals surface area contributed by atoms with Gasteiger partial charge in [0.15, 0.2) is 18.2 Å². The molecule has 2 aliphatic heterocycles. The molecule has 0 radical (unpaired) electrons. The molecule has 0 bridgehead atoms. The summed E-state index contributed by atoms with van der Waals surface area (Å²) in [4.78, 5) is 28.8. The third kappa shape index (κ3) is 3.52. The molecule has 2 amide bonds. The average molecular weight is 366 g/mol. The molecule has 142 valence electrons. The minimum Gasteiger partial charge on any atom is -0.481 e. The van der Waals surface area contributed by atoms with Crippen molar-refractivity contribution >= 4 is 11.8 Å². The van der Waals surface area contributed by atoms with Gasteiger partial charge in [-0.2, -0.15) is 0 Å². The predicted molar refractivity (Wildman–Crippen MR) is 91.6 cm³/mol. The van der Waals surface area contributed by atoms with Crippen LogP contribution in [0.25, 0.3) is 0 Å². The largest absolute Gasteiger partial charge is 0.481 e. The maximum atomic E-state index is 13.6. The Bertz CT molecular complexity index is 710. The Labute approximate surface area is 151 Å². The van der Waals surface area contributed by atoms with Crippen LogP contribution in [0.15, 0.2) is 18.2 Å². The van der Waals surface area contributed by atoms with Crippen molar-refractivity contribution in [1.82, 2.24) is 9.80 Å². The normalized spacial score (nSPS) is 23.2. The number of piperidine rings is 1. The molecule has 2 saturated heterocycles. The summed E-state index contributed by atoms with van der Waals surface area (Å²) in [5.74, 6) is -1.87. The molecule has 0 unspecified atom stereocenters. The number of carbonyl (C=O) groups is 2. The van der Waals surface area contributed by atoms with Gasteiger partial charge in [0, 0.05) is 31.7 Å². The third-order valence-electron chi connectivity index (χ3n) is 5.34. The molecular formula is C19H24F2N2O3. The summed E-state index contributed by atoms with van der Waals surface area (Å²) in [7, 11) is 0. The molecule has 7 heteroatoms. The van der Waals surface area contributed by atoms with E-state index in [0.717, 1.165) is 31.5 Å². The quantitative estimate of drug-likeness (QED) is 0.823. The van der Waals surface area contributed by atoms with Crippen molar-refractivity contribution in [2.24, 2.45) is 5.41 Å². The number of rotatable bonds is 4. The topological polar surface area (TPSA) is 49.9 Å². The van der Waals surface area contributed by atoms with E-state index in [4.69, 9.17) is 4.74 Å². The molecule has 2 fully saturated rings. The van der Waals surface area contributed by atoms with E-state index in [-0.39, 0.29) is 30.2 Å². The van der Waals surface area contributed by atoms with Gasteiger partial charge in [0.25, 0.3) is 5.91 Å². The van der Waals surface area contributed by atoms with Crippen molar-refractivity contribution in [2.45, 2.75) is 39.2 Å². The average Bonchev–Trinajstić information content (AvgIpc) is 3.01. The van der Waals surface area contributed by atoms with Crippen LogP contribution in [0.4, 0.5) is 8.78 Å². The molecule has 26 heavy (non-hydrogen) atoms. The van der Waals surface area contributed by atoms with Crippen LogP contribution < -0.4 is 4.74 Å². The number of nitrogens with zero attached hydrogens (tertiary/aromatic N) is 2. The van der Waals surface area contributed by atoms with E-state index in [1.54, 1.807) is 4.90 Å². The first kappa shape index (κ1) is 18.6. The highest BCUT2D eigenvalue weighted by Crippen LogP contribution is 2.40. The lowest BCUT2D eigenvalue weighted by Crippen LogP contribution is -2.52. The Balaban J connectivity index is 1.61. The van der Waals surface area contributed by atoms with E-state index < -0.39 is 17.0 Å². The van der Waals surface area contributed by atoms with Crippen LogP contribution >= 0.6 is 0 Å². The second kappa shape index (κ2) is 7.21. The highest BCUT2D eigenvalue weighted by Gasteiger charge is 2.49. The van der Waals surface area contributed by atoms with Gasteiger partial charge in [-0.1, -0.05) is 0 Å². The lowest BCUT2D eigenvalue weighted by Gasteiger charge is -2.41. The maximum absolute atomic E-state index is 13.6. The molecule has 3 rings (SSSR count). The lowest BCUT2D eigenvalue weighted by molar-refractivity contribution is -0.148. The first-order valence-corrected chi connectivity index (χ1v) is 8.99. The van der Waals surface area contributed by atoms with Crippen LogP contribution in [0, 0.1) is 17.0 Å². The van der Waals surface area contributed by atoms with Crippen LogP contribution in [-0.2, 0) is 9.59 Å². The zero-order chi connectivity index (χ0) is 18.9. The van der Waals surface area contributed by atoms with Gasteiger partial charge < -0.3 is 14.5 Å². The van der Waals surface area contributed by atoms with E-state index in [1.165, 1.54) is 0 Å². The molecule has 2 heterocycles. The zero-order valence-electron chi connectivity index (χ0n) is 15.1. The number of ether oxygens (including phenoxy) is 1. The first-order valence-electron chi connectivity index (χ1n) is 8.99. The summed E-state index contributed by atoms with van der Waals surface area (Å²) in [5.41, 5.74) is -0.501. The SMILES string of the molecule is CC(C)N1CCC[C@]2(CCN(C(=O)COc3ccc(F)cc3F)C2)C1=O. The van der Waals surface area contributed by atoms with Gasteiger partial charge >= 0.3 is 0 Å². The number of hydrogen-bond acceptors (Lipinski definition) is 3. The number of likely N-dealkylation sites (tertiary alicyclic amines) is 2. The van der Waals surface area contributed by atoms with Crippen molar-refractivity contribution in [3.05, 3.63) is 29.8 Å². The van der Waals surface area contributed by atoms with Gasteiger partial charge in [0.1, 0.15) is 5.82 Å². The summed E-state index contributed by atoms with van der Waals surface area (Å²) in [6.07, 6.45) is 2.36. The molecule has 1 atom stereocenters. The third-order valence-corrected chi connectivity index (χ3v) is 5.34. The molecule has 2 aliphatic rings. The van der Waals surface area contributed by atoms with Gasteiger partial charge in [-0.3, -0.25) is 9.59 Å². The molecule has 0 saturated carbocycles. The Morgan fingerprint density at radius 1 is 1.27 bits per heavy atom. The van der Waals surface area contributed by atoms with E-state index in [0.29, 0.717) is 25.6 Å². The minimum absolute atomic E-state index is 0.125. The monoisotopic (exact) mass is 366 g/mol. The zero-order valence-corrected chi connectivity index (χ0v) is 15.1. The van der Waals surface area contributed by atoms with Crippen LogP contribution in [-0.4, -0.2) is 53.9 Å². The second-order valence-electron chi connectivity index (χ2n) is 7.40. The first-order chi connectivity index (χ1) is 12.3. The van der Waals surface area contributed by atoms with Crippen LogP contribution in [0.5, 0.6) is 5.75 Å². The fourth-order valence-electron chi connectivity index (χ4n) is 3.88. The van der Waals surface area contributed by atoms with Crippen LogP contribution in [0.1, 0.15) is 33.1 Å². The molecule has 0 aliphatic carbocycles. The molecule has 0 N–H and O–H groups in total. The molecule has 0 aromatic heterocycles. The maximum Gasteiger partial charge on any atom is 0.260 e. The highest BCUT2D eigenvalue weighted by atomic mass is 19.1. The van der Waals surface area contributed by atoms with Crippen molar-refractivity contribution in [3.63, 3.8) is 0 Å². The Morgan fingerprint density at radius 2 is 2.04 bits per heavy atom. The number of halogens is 2. The van der Waals surface area contributed by atoms with E-state index in [1.807, 2.05) is 18.7 Å². The Morgan fingerprint density at radius 3 is 2.73 bits per heavy atom. The van der Waals surface area contributed by atoms with E-state index in [9.17, 15) is 18.4 Å². The van der Waals surface area contributed by atoms with Crippen molar-refractivity contribution in [3.8, 4) is 5.75 Å². The molecule has 5 nitrogen and oxygen atoms in total. The van der Waals surface area contributed by atoms with Gasteiger partial charge in [-0.05, 0) is 45.2 Å². The minimum atomic E-state index is -0.842. The van der Waals surface area contributed by atoms with E-state index in [2.05, 4.69) is 0 Å². The number of carbonyl (C=O) groups excluding carboxylic acids is 2. The van der Waals surface area contributed by atoms with Crippen LogP contribution in [0.3, 0.4) is 0 Å². The second-order valence-corrected chi connectivity index (χ2v) is 7.40. The molecular weight excluding hydrogens is 342 g/mol. The number of hydrogen-bond donors (Lipinski definition) is 0. The summed E-state index contributed by atoms with van der Waals surface area (Å²) >= 11 is 0. The lowest BCUT2D eigenvalue weighted by atomic mass is 9.78. The fourth-order valence-corrected chi connectivity index (χ4v) is 3.88. The Kier molecular flexibility index (Phi) is 5.16. The highest BCUT2D eigenvalue weighted by molar-refractivity contribution is 5.86. The fraction of sp³-hybridized carbons (Fsp3) is 0.579. The van der Waals surface area contributed by atoms with Crippen molar-refractivity contribution in [2.75, 3.05) is 26.2 Å². The smallest absolute Gasteiger partial charge is 0.260 e. The summed E-state index contributed by atoms with van der Waals surface area (Å²) < 4.78 is 31.7. The number of benzene rings is 1. The Hall–Kier alpha value is -2.18. The van der Waals surface area contributed by atoms with Crippen LogP contribution in [0.2, 0.25) is 0 Å². The van der Waals surface area contributed by atoms with Gasteiger partial charge in [0.05, 0.1) is 5.41 Å². The van der Waals surface area contributed by atoms with Crippen molar-refractivity contribution in [1.29, 1.82) is 0 Å². The van der Waals surface area contributed by atoms with Gasteiger partial charge in [0.2, 0.25) is 5.91 Å². The summed E-state index contributed by atoms with van der Waals surface area (Å²) in [6.45, 7) is 5.30. The van der Waals surface area contributed by atoms with E-state index >= 15 is 0 Å². The number of amides is 2. The predicted octanol–water partition coefficient (Wildman–Crippen LogP) is 2.59.